The largest absolute Gasteiger partial charge is 0.376 e. The normalized spacial score (nSPS) is 17.3. The molecule has 0 aromatic carbocycles. The van der Waals surface area contributed by atoms with Crippen molar-refractivity contribution in [3.8, 4) is 11.4 Å². The molecule has 0 spiro atoms. The number of ether oxygens (including phenoxy) is 1. The van der Waals surface area contributed by atoms with Crippen LogP contribution in [0, 0.1) is 6.92 Å². The quantitative estimate of drug-likeness (QED) is 0.795. The Morgan fingerprint density at radius 1 is 1.44 bits per heavy atom. The molecule has 3 aromatic rings. The Morgan fingerprint density at radius 2 is 2.32 bits per heavy atom. The van der Waals surface area contributed by atoms with Crippen molar-refractivity contribution >= 4 is 11.4 Å². The molecule has 0 bridgehead atoms. The second-order valence-electron chi connectivity index (χ2n) is 6.53. The number of imidazole rings is 1. The molecule has 1 fully saturated rings. The van der Waals surface area contributed by atoms with Crippen LogP contribution in [0.1, 0.15) is 29.0 Å². The minimum Gasteiger partial charge on any atom is -0.376 e. The Morgan fingerprint density at radius 3 is 3.04 bits per heavy atom. The summed E-state index contributed by atoms with van der Waals surface area (Å²) in [6, 6.07) is 7.78. The Bertz CT molecular complexity index is 899. The average molecular weight is 338 g/mol. The fourth-order valence-corrected chi connectivity index (χ4v) is 3.32. The van der Waals surface area contributed by atoms with Crippen molar-refractivity contribution in [1.82, 2.24) is 19.3 Å². The number of aryl methyl sites for hydroxylation is 2. The Kier molecular flexibility index (Phi) is 4.05. The number of pyridine rings is 1. The van der Waals surface area contributed by atoms with Crippen molar-refractivity contribution in [3.05, 3.63) is 48.0 Å². The van der Waals surface area contributed by atoms with E-state index >= 15 is 0 Å². The summed E-state index contributed by atoms with van der Waals surface area (Å²) in [4.78, 5) is 17.3. The maximum absolute atomic E-state index is 12.7. The predicted octanol–water partition coefficient (Wildman–Crippen LogP) is 2.56. The molecule has 1 aliphatic rings. The highest BCUT2D eigenvalue weighted by Crippen LogP contribution is 2.25. The minimum absolute atomic E-state index is 0.0712. The molecule has 0 saturated carbocycles. The molecule has 0 radical (unpaired) electrons. The summed E-state index contributed by atoms with van der Waals surface area (Å²) in [6.45, 7) is 3.31. The fraction of sp³-hybridized carbons (Fsp3) is 0.368. The summed E-state index contributed by atoms with van der Waals surface area (Å²) < 4.78 is 9.58. The zero-order chi connectivity index (χ0) is 17.4. The lowest BCUT2D eigenvalue weighted by molar-refractivity contribution is 0.0859. The lowest BCUT2D eigenvalue weighted by Crippen LogP contribution is -2.31. The van der Waals surface area contributed by atoms with Crippen LogP contribution in [0.15, 0.2) is 36.7 Å². The molecule has 1 atom stereocenters. The highest BCUT2D eigenvalue weighted by molar-refractivity contribution is 6.02. The third-order valence-electron chi connectivity index (χ3n) is 4.81. The van der Waals surface area contributed by atoms with Crippen molar-refractivity contribution in [1.29, 1.82) is 0 Å². The molecule has 1 aliphatic heterocycles. The summed E-state index contributed by atoms with van der Waals surface area (Å²) in [5.41, 5.74) is 3.32. The molecule has 1 N–H and O–H groups in total. The Balaban J connectivity index is 1.68. The fourth-order valence-electron chi connectivity index (χ4n) is 3.32. The summed E-state index contributed by atoms with van der Waals surface area (Å²) in [7, 11) is 1.97. The molecule has 0 aliphatic carbocycles. The number of nitrogens with zero attached hydrogens (tertiary/aromatic N) is 3. The van der Waals surface area contributed by atoms with E-state index in [9.17, 15) is 4.79 Å². The number of aromatic nitrogens is 3. The maximum Gasteiger partial charge on any atom is 0.253 e. The topological polar surface area (TPSA) is 60.6 Å². The molecule has 6 heteroatoms. The summed E-state index contributed by atoms with van der Waals surface area (Å²) in [5.74, 6) is 0.864. The Labute approximate surface area is 146 Å². The molecule has 4 heterocycles. The number of hydrogen-bond acceptors (Lipinski definition) is 3. The molecule has 25 heavy (non-hydrogen) atoms. The van der Waals surface area contributed by atoms with Gasteiger partial charge >= 0.3 is 0 Å². The van der Waals surface area contributed by atoms with Gasteiger partial charge in [-0.3, -0.25) is 4.79 Å². The van der Waals surface area contributed by atoms with Crippen LogP contribution in [0.25, 0.3) is 16.9 Å². The number of nitrogens with one attached hydrogen (secondary N) is 1. The third kappa shape index (κ3) is 2.93. The van der Waals surface area contributed by atoms with Gasteiger partial charge in [-0.15, -0.1) is 0 Å². The first-order chi connectivity index (χ1) is 12.1. The SMILES string of the molecule is Cc1nc(-c2cc(C(=O)NC[C@H]3CCCO3)c3ccccn23)cn1C. The van der Waals surface area contributed by atoms with Crippen LogP contribution >= 0.6 is 0 Å². The van der Waals surface area contributed by atoms with Gasteiger partial charge in [-0.25, -0.2) is 4.98 Å². The lowest BCUT2D eigenvalue weighted by Gasteiger charge is -2.10. The zero-order valence-corrected chi connectivity index (χ0v) is 14.5. The van der Waals surface area contributed by atoms with E-state index in [0.29, 0.717) is 12.1 Å². The van der Waals surface area contributed by atoms with Gasteiger partial charge in [0.1, 0.15) is 11.5 Å². The highest BCUT2D eigenvalue weighted by atomic mass is 16.5. The minimum atomic E-state index is -0.0712. The summed E-state index contributed by atoms with van der Waals surface area (Å²) >= 11 is 0. The number of carbonyl (C=O) groups is 1. The van der Waals surface area contributed by atoms with E-state index in [0.717, 1.165) is 42.2 Å². The van der Waals surface area contributed by atoms with Gasteiger partial charge < -0.3 is 19.0 Å². The van der Waals surface area contributed by atoms with Gasteiger partial charge in [0.25, 0.3) is 5.91 Å². The highest BCUT2D eigenvalue weighted by Gasteiger charge is 2.20. The van der Waals surface area contributed by atoms with Crippen molar-refractivity contribution < 1.29 is 9.53 Å². The molecule has 1 amide bonds. The monoisotopic (exact) mass is 338 g/mol. The first-order valence-electron chi connectivity index (χ1n) is 8.63. The van der Waals surface area contributed by atoms with Crippen LogP contribution in [0.2, 0.25) is 0 Å². The van der Waals surface area contributed by atoms with Crippen LogP contribution in [0.3, 0.4) is 0 Å². The molecule has 6 nitrogen and oxygen atoms in total. The van der Waals surface area contributed by atoms with Crippen LogP contribution in [-0.4, -0.2) is 39.1 Å². The number of hydrogen-bond donors (Lipinski definition) is 1. The van der Waals surface area contributed by atoms with Gasteiger partial charge in [0.05, 0.1) is 22.9 Å². The van der Waals surface area contributed by atoms with Gasteiger partial charge in [-0.05, 0) is 38.0 Å². The molecule has 3 aromatic heterocycles. The van der Waals surface area contributed by atoms with E-state index < -0.39 is 0 Å². The van der Waals surface area contributed by atoms with Gasteiger partial charge in [0.15, 0.2) is 0 Å². The second-order valence-corrected chi connectivity index (χ2v) is 6.53. The standard InChI is InChI=1S/C19H22N4O2/c1-13-21-16(12-22(13)2)18-10-15(17-7-3-4-8-23(17)18)19(24)20-11-14-6-5-9-25-14/h3-4,7-8,10,12,14H,5-6,9,11H2,1-2H3,(H,20,24)/t14-/m1/s1. The molecule has 0 unspecified atom stereocenters. The number of carbonyl (C=O) groups excluding carboxylic acids is 1. The number of amides is 1. The van der Waals surface area contributed by atoms with Crippen LogP contribution < -0.4 is 5.32 Å². The second kappa shape index (κ2) is 6.37. The third-order valence-corrected chi connectivity index (χ3v) is 4.81. The number of fused-ring (bicyclic) bond motifs is 1. The molecule has 4 rings (SSSR count). The van der Waals surface area contributed by atoms with E-state index in [2.05, 4.69) is 10.3 Å². The molecule has 130 valence electrons. The van der Waals surface area contributed by atoms with E-state index in [1.807, 2.05) is 59.6 Å². The average Bonchev–Trinajstić information content (AvgIpc) is 3.32. The van der Waals surface area contributed by atoms with E-state index in [-0.39, 0.29) is 12.0 Å². The maximum atomic E-state index is 12.7. The first kappa shape index (κ1) is 15.9. The lowest BCUT2D eigenvalue weighted by atomic mass is 10.2. The van der Waals surface area contributed by atoms with Gasteiger partial charge in [0.2, 0.25) is 0 Å². The van der Waals surface area contributed by atoms with E-state index in [1.165, 1.54) is 0 Å². The summed E-state index contributed by atoms with van der Waals surface area (Å²) in [5, 5.41) is 3.01. The Hall–Kier alpha value is -2.60. The van der Waals surface area contributed by atoms with Crippen molar-refractivity contribution in [2.75, 3.05) is 13.2 Å². The van der Waals surface area contributed by atoms with Crippen LogP contribution in [0.4, 0.5) is 0 Å². The van der Waals surface area contributed by atoms with E-state index in [1.54, 1.807) is 0 Å². The summed E-state index contributed by atoms with van der Waals surface area (Å²) in [6.07, 6.45) is 6.16. The molecular formula is C19H22N4O2. The van der Waals surface area contributed by atoms with Crippen molar-refractivity contribution in [2.24, 2.45) is 7.05 Å². The van der Waals surface area contributed by atoms with Gasteiger partial charge in [-0.1, -0.05) is 6.07 Å². The van der Waals surface area contributed by atoms with Crippen LogP contribution in [0.5, 0.6) is 0 Å². The predicted molar refractivity (Wildman–Crippen MR) is 95.6 cm³/mol. The van der Waals surface area contributed by atoms with Crippen molar-refractivity contribution in [3.63, 3.8) is 0 Å². The van der Waals surface area contributed by atoms with Crippen molar-refractivity contribution in [2.45, 2.75) is 25.9 Å². The molecular weight excluding hydrogens is 316 g/mol. The smallest absolute Gasteiger partial charge is 0.253 e. The van der Waals surface area contributed by atoms with Gasteiger partial charge in [0, 0.05) is 32.6 Å². The molecule has 1 saturated heterocycles. The number of rotatable bonds is 4. The zero-order valence-electron chi connectivity index (χ0n) is 14.5. The van der Waals surface area contributed by atoms with Gasteiger partial charge in [-0.2, -0.15) is 0 Å². The van der Waals surface area contributed by atoms with E-state index in [4.69, 9.17) is 4.74 Å². The first-order valence-corrected chi connectivity index (χ1v) is 8.63. The van der Waals surface area contributed by atoms with Crippen LogP contribution in [-0.2, 0) is 11.8 Å².